The average Bonchev–Trinajstić information content (AvgIpc) is 3.21. The molecule has 10 radical (unpaired) electrons. The first-order chi connectivity index (χ1) is 16.9. The topological polar surface area (TPSA) is 17.8 Å². The van der Waals surface area contributed by atoms with Crippen LogP contribution in [-0.2, 0) is 0 Å². The molecule has 2 nitrogen and oxygen atoms in total. The molecule has 0 aliphatic heterocycles. The van der Waals surface area contributed by atoms with Crippen LogP contribution in [0.2, 0.25) is 0 Å². The van der Waals surface area contributed by atoms with Crippen molar-refractivity contribution in [1.29, 1.82) is 0 Å². The highest BCUT2D eigenvalue weighted by Gasteiger charge is 2.22. The smallest absolute Gasteiger partial charge is 0.113 e. The van der Waals surface area contributed by atoms with Gasteiger partial charge < -0.3 is 0 Å². The zero-order valence-electron chi connectivity index (χ0n) is 19.2. The van der Waals surface area contributed by atoms with Crippen molar-refractivity contribution in [2.45, 2.75) is 6.92 Å². The van der Waals surface area contributed by atoms with E-state index in [1.165, 1.54) is 0 Å². The molecule has 152 valence electrons. The third-order valence-electron chi connectivity index (χ3n) is 6.80. The van der Waals surface area contributed by atoms with Gasteiger partial charge in [0.05, 0.1) is 16.7 Å². The van der Waals surface area contributed by atoms with Crippen LogP contribution in [0.25, 0.3) is 49.4 Å². The lowest BCUT2D eigenvalue weighted by Gasteiger charge is -2.25. The van der Waals surface area contributed by atoms with E-state index in [0.717, 1.165) is 49.7 Å². The van der Waals surface area contributed by atoms with E-state index in [-0.39, 0.29) is 16.4 Å². The fourth-order valence-corrected chi connectivity index (χ4v) is 5.16. The Labute approximate surface area is 210 Å². The number of nitrogens with zero attached hydrogens (tertiary/aromatic N) is 2. The molecule has 1 aromatic heterocycles. The highest BCUT2D eigenvalue weighted by molar-refractivity contribution is 6.69. The minimum atomic E-state index is 0.203. The van der Waals surface area contributed by atoms with Gasteiger partial charge in [0, 0.05) is 10.8 Å². The fraction of sp³-hybridized carbons (Fsp3) is 0.0357. The summed E-state index contributed by atoms with van der Waals surface area (Å²) in [6, 6.07) is 24.5. The summed E-state index contributed by atoms with van der Waals surface area (Å²) >= 11 is 0. The molecule has 7 heteroatoms. The van der Waals surface area contributed by atoms with Gasteiger partial charge in [0.2, 0.25) is 0 Å². The first kappa shape index (κ1) is 21.9. The average molecular weight is 434 g/mol. The van der Waals surface area contributed by atoms with Crippen molar-refractivity contribution in [3.05, 3.63) is 78.6 Å². The summed E-state index contributed by atoms with van der Waals surface area (Å²) in [5, 5.41) is 4.00. The quantitative estimate of drug-likeness (QED) is 0.297. The summed E-state index contributed by atoms with van der Waals surface area (Å²) in [7, 11) is 31.7. The van der Waals surface area contributed by atoms with E-state index in [1.54, 1.807) is 0 Å². The number of fused-ring (bicyclic) bond motifs is 3. The van der Waals surface area contributed by atoms with Crippen molar-refractivity contribution < 1.29 is 0 Å². The van der Waals surface area contributed by atoms with Crippen LogP contribution >= 0.6 is 0 Å². The number of para-hydroxylation sites is 2. The van der Waals surface area contributed by atoms with E-state index in [1.807, 2.05) is 49.4 Å². The normalized spacial score (nSPS) is 11.6. The van der Waals surface area contributed by atoms with Crippen molar-refractivity contribution >= 4 is 99.1 Å². The number of hydrogen-bond donors (Lipinski definition) is 0. The van der Waals surface area contributed by atoms with Gasteiger partial charge in [-0.1, -0.05) is 71.6 Å². The molecule has 6 aromatic rings. The maximum absolute atomic E-state index is 6.54. The number of benzene rings is 5. The van der Waals surface area contributed by atoms with Crippen molar-refractivity contribution in [1.82, 2.24) is 9.55 Å². The van der Waals surface area contributed by atoms with Gasteiger partial charge in [-0.25, -0.2) is 4.98 Å². The summed E-state index contributed by atoms with van der Waals surface area (Å²) in [6.45, 7) is 2.02. The van der Waals surface area contributed by atoms with Crippen molar-refractivity contribution in [2.24, 2.45) is 0 Å². The Kier molecular flexibility index (Phi) is 5.00. The molecule has 6 rings (SSSR count). The Morgan fingerprint density at radius 2 is 1.00 bits per heavy atom. The van der Waals surface area contributed by atoms with E-state index in [9.17, 15) is 0 Å². The number of aromatic nitrogens is 2. The monoisotopic (exact) mass is 434 g/mol. The summed E-state index contributed by atoms with van der Waals surface area (Å²) in [5.41, 5.74) is 5.80. The molecule has 0 bridgehead atoms. The van der Waals surface area contributed by atoms with Gasteiger partial charge in [0.25, 0.3) is 0 Å². The Balaban J connectivity index is 1.87. The largest absolute Gasteiger partial charge is 0.295 e. The molecule has 0 saturated heterocycles. The SMILES string of the molecule is [B]c1c([B])c([B])c(-c2c3ccccc3c(-n3c(C)nc4ccccc43)c3ccccc23)c([B])c1[B]. The molecule has 5 aromatic carbocycles. The van der Waals surface area contributed by atoms with Crippen LogP contribution in [0.15, 0.2) is 72.8 Å². The lowest BCUT2D eigenvalue weighted by molar-refractivity contribution is 1.02. The zero-order valence-corrected chi connectivity index (χ0v) is 19.2. The predicted octanol–water partition coefficient (Wildman–Crippen LogP) is 1.28. The molecule has 0 unspecified atom stereocenters. The Morgan fingerprint density at radius 1 is 0.543 bits per heavy atom. The van der Waals surface area contributed by atoms with Gasteiger partial charge in [-0.3, -0.25) is 4.57 Å². The molecular weight excluding hydrogens is 418 g/mol. The van der Waals surface area contributed by atoms with E-state index in [2.05, 4.69) is 34.9 Å². The molecule has 0 N–H and O–H groups in total. The summed E-state index contributed by atoms with van der Waals surface area (Å²) in [6.07, 6.45) is 0. The lowest BCUT2D eigenvalue weighted by Crippen LogP contribution is -2.55. The second-order valence-corrected chi connectivity index (χ2v) is 8.74. The van der Waals surface area contributed by atoms with E-state index >= 15 is 0 Å². The maximum Gasteiger partial charge on any atom is 0.113 e. The molecule has 0 fully saturated rings. The molecule has 0 saturated carbocycles. The molecule has 1 heterocycles. The van der Waals surface area contributed by atoms with E-state index in [0.29, 0.717) is 16.5 Å². The van der Waals surface area contributed by atoms with Crippen molar-refractivity contribution in [3.8, 4) is 16.8 Å². The summed E-state index contributed by atoms with van der Waals surface area (Å²) in [5.74, 6) is 0.897. The molecule has 0 aliphatic carbocycles. The van der Waals surface area contributed by atoms with Crippen LogP contribution in [-0.4, -0.2) is 48.8 Å². The second-order valence-electron chi connectivity index (χ2n) is 8.74. The maximum atomic E-state index is 6.54. The highest BCUT2D eigenvalue weighted by Crippen LogP contribution is 2.41. The Morgan fingerprint density at radius 3 is 1.57 bits per heavy atom. The van der Waals surface area contributed by atoms with Gasteiger partial charge in [-0.05, 0) is 41.0 Å². The molecular formula is C28H15B5N2. The van der Waals surface area contributed by atoms with Gasteiger partial charge in [-0.2, -0.15) is 0 Å². The Bertz CT molecular complexity index is 1730. The first-order valence-corrected chi connectivity index (χ1v) is 11.3. The molecule has 0 aliphatic rings. The van der Waals surface area contributed by atoms with Crippen LogP contribution < -0.4 is 27.3 Å². The highest BCUT2D eigenvalue weighted by atomic mass is 15.1. The molecule has 0 amide bonds. The molecule has 0 atom stereocenters. The van der Waals surface area contributed by atoms with Crippen LogP contribution in [0.3, 0.4) is 0 Å². The number of imidazole rings is 1. The Hall–Kier alpha value is -3.59. The van der Waals surface area contributed by atoms with Crippen LogP contribution in [0.5, 0.6) is 0 Å². The molecule has 0 spiro atoms. The number of rotatable bonds is 2. The fourth-order valence-electron chi connectivity index (χ4n) is 5.16. The summed E-state index contributed by atoms with van der Waals surface area (Å²) in [4.78, 5) is 4.82. The number of hydrogen-bond acceptors (Lipinski definition) is 1. The van der Waals surface area contributed by atoms with E-state index in [4.69, 9.17) is 44.2 Å². The van der Waals surface area contributed by atoms with Crippen molar-refractivity contribution in [2.75, 3.05) is 0 Å². The van der Waals surface area contributed by atoms with Gasteiger partial charge in [-0.15, -0.1) is 16.4 Å². The third kappa shape index (κ3) is 3.07. The zero-order chi connectivity index (χ0) is 24.4. The molecule has 35 heavy (non-hydrogen) atoms. The third-order valence-corrected chi connectivity index (χ3v) is 6.80. The van der Waals surface area contributed by atoms with Crippen LogP contribution in [0.1, 0.15) is 5.82 Å². The van der Waals surface area contributed by atoms with E-state index < -0.39 is 0 Å². The minimum Gasteiger partial charge on any atom is -0.295 e. The van der Waals surface area contributed by atoms with Gasteiger partial charge in [0.1, 0.15) is 45.1 Å². The second kappa shape index (κ2) is 7.98. The summed E-state index contributed by atoms with van der Waals surface area (Å²) < 4.78 is 2.21. The standard InChI is InChI=1S/C28H15B5N2/c1-14-34-19-12-6-7-13-20(19)35(14)28-17-10-4-2-8-15(17)21(16-9-3-5-11-18(16)28)22-23(29)25(31)27(33)26(32)24(22)30/h2-13H,1H3. The van der Waals surface area contributed by atoms with Gasteiger partial charge in [0.15, 0.2) is 0 Å². The number of aryl methyl sites for hydroxylation is 1. The van der Waals surface area contributed by atoms with Crippen LogP contribution in [0, 0.1) is 6.92 Å². The van der Waals surface area contributed by atoms with Gasteiger partial charge >= 0.3 is 0 Å². The lowest BCUT2D eigenvalue weighted by atomic mass is 9.59. The van der Waals surface area contributed by atoms with Crippen LogP contribution in [0.4, 0.5) is 0 Å². The minimum absolute atomic E-state index is 0.203. The van der Waals surface area contributed by atoms with Crippen molar-refractivity contribution in [3.63, 3.8) is 0 Å². The predicted molar refractivity (Wildman–Crippen MR) is 153 cm³/mol. The first-order valence-electron chi connectivity index (χ1n) is 11.3.